The molecule has 3 N–H and O–H groups in total. The number of pyridine rings is 1. The molecule has 0 unspecified atom stereocenters. The van der Waals surface area contributed by atoms with E-state index in [4.69, 9.17) is 5.73 Å². The number of aromatic nitrogens is 3. The molecule has 3 rings (SSSR count). The first kappa shape index (κ1) is 19.5. The Kier molecular flexibility index (Phi) is 5.39. The molecule has 0 spiro atoms. The normalized spacial score (nSPS) is 11.8. The van der Waals surface area contributed by atoms with Crippen LogP contribution in [-0.4, -0.2) is 20.7 Å². The number of aliphatic imine (C=N–C) groups is 1. The number of hydrogen-bond donors (Lipinski definition) is 2. The van der Waals surface area contributed by atoms with E-state index >= 15 is 0 Å². The van der Waals surface area contributed by atoms with Gasteiger partial charge in [-0.1, -0.05) is 26.5 Å². The number of aromatic amines is 1. The molecule has 6 nitrogen and oxygen atoms in total. The Labute approximate surface area is 160 Å². The summed E-state index contributed by atoms with van der Waals surface area (Å²) in [5.41, 5.74) is 6.05. The first-order valence-electron chi connectivity index (χ1n) is 8.81. The van der Waals surface area contributed by atoms with E-state index < -0.39 is 17.2 Å². The summed E-state index contributed by atoms with van der Waals surface area (Å²) in [6.45, 7) is 7.85. The van der Waals surface area contributed by atoms with Gasteiger partial charge in [0.25, 0.3) is 0 Å². The van der Waals surface area contributed by atoms with E-state index in [0.29, 0.717) is 40.7 Å². The van der Waals surface area contributed by atoms with E-state index in [2.05, 4.69) is 21.5 Å². The molecule has 146 valence electrons. The molecule has 3 aromatic rings. The van der Waals surface area contributed by atoms with Crippen molar-refractivity contribution in [1.82, 2.24) is 14.5 Å². The second kappa shape index (κ2) is 7.75. The Morgan fingerprint density at radius 3 is 2.82 bits per heavy atom. The van der Waals surface area contributed by atoms with Gasteiger partial charge in [0.05, 0.1) is 12.1 Å². The average Bonchev–Trinajstić information content (AvgIpc) is 2.91. The lowest BCUT2D eigenvalue weighted by molar-refractivity contribution is 0.515. The van der Waals surface area contributed by atoms with E-state index in [1.807, 2.05) is 13.8 Å². The third kappa shape index (κ3) is 3.71. The Balaban J connectivity index is 2.17. The van der Waals surface area contributed by atoms with Crippen LogP contribution in [0.3, 0.4) is 0 Å². The van der Waals surface area contributed by atoms with Crippen molar-refractivity contribution in [2.45, 2.75) is 26.8 Å². The van der Waals surface area contributed by atoms with Crippen LogP contribution < -0.4 is 11.3 Å². The number of benzene rings is 1. The van der Waals surface area contributed by atoms with Crippen LogP contribution in [0.2, 0.25) is 0 Å². The summed E-state index contributed by atoms with van der Waals surface area (Å²) < 4.78 is 29.5. The van der Waals surface area contributed by atoms with Crippen LogP contribution >= 0.6 is 0 Å². The highest BCUT2D eigenvalue weighted by Gasteiger charge is 2.18. The minimum atomic E-state index is -1.09. The zero-order valence-electron chi connectivity index (χ0n) is 15.7. The predicted octanol–water partition coefficient (Wildman–Crippen LogP) is 3.72. The fourth-order valence-electron chi connectivity index (χ4n) is 3.05. The Hall–Kier alpha value is -3.29. The summed E-state index contributed by atoms with van der Waals surface area (Å²) in [5, 5.41) is 0.401. The second-order valence-corrected chi connectivity index (χ2v) is 6.88. The van der Waals surface area contributed by atoms with Crippen LogP contribution in [0.15, 0.2) is 40.6 Å². The van der Waals surface area contributed by atoms with Crippen LogP contribution in [0.1, 0.15) is 25.2 Å². The minimum absolute atomic E-state index is 0.170. The van der Waals surface area contributed by atoms with Gasteiger partial charge in [0.1, 0.15) is 5.82 Å². The number of halogens is 2. The molecule has 0 aliphatic carbocycles. The zero-order valence-corrected chi connectivity index (χ0v) is 15.7. The molecule has 0 saturated heterocycles. The lowest BCUT2D eigenvalue weighted by Gasteiger charge is -2.13. The number of H-pyrrole nitrogens is 1. The highest BCUT2D eigenvalue weighted by molar-refractivity contribution is 5.82. The van der Waals surface area contributed by atoms with E-state index in [-0.39, 0.29) is 12.1 Å². The van der Waals surface area contributed by atoms with Gasteiger partial charge in [-0.05, 0) is 23.6 Å². The molecule has 28 heavy (non-hydrogen) atoms. The maximum Gasteiger partial charge on any atom is 0.248 e. The van der Waals surface area contributed by atoms with Gasteiger partial charge in [0.2, 0.25) is 5.56 Å². The van der Waals surface area contributed by atoms with E-state index in [1.165, 1.54) is 24.4 Å². The molecule has 0 aliphatic rings. The smallest absolute Gasteiger partial charge is 0.248 e. The number of rotatable bonds is 6. The van der Waals surface area contributed by atoms with Crippen LogP contribution in [-0.2, 0) is 13.0 Å². The minimum Gasteiger partial charge on any atom is -0.382 e. The van der Waals surface area contributed by atoms with E-state index in [9.17, 15) is 13.6 Å². The number of anilines is 1. The summed E-state index contributed by atoms with van der Waals surface area (Å²) in [4.78, 5) is 23.0. The molecule has 1 aromatic carbocycles. The first-order valence-corrected chi connectivity index (χ1v) is 8.81. The zero-order chi connectivity index (χ0) is 20.4. The van der Waals surface area contributed by atoms with Gasteiger partial charge >= 0.3 is 0 Å². The molecule has 0 amide bonds. The highest BCUT2D eigenvalue weighted by atomic mass is 19.2. The van der Waals surface area contributed by atoms with Gasteiger partial charge in [-0.2, -0.15) is 0 Å². The fourth-order valence-corrected chi connectivity index (χ4v) is 3.05. The Bertz CT molecular complexity index is 1130. The lowest BCUT2D eigenvalue weighted by atomic mass is 10.1. The summed E-state index contributed by atoms with van der Waals surface area (Å²) >= 11 is 0. The van der Waals surface area contributed by atoms with Crippen molar-refractivity contribution in [3.63, 3.8) is 0 Å². The number of hydrogen-bond acceptors (Lipinski definition) is 4. The third-order valence-electron chi connectivity index (χ3n) is 4.28. The van der Waals surface area contributed by atoms with Gasteiger partial charge in [-0.15, -0.1) is 0 Å². The van der Waals surface area contributed by atoms with Crippen molar-refractivity contribution < 1.29 is 8.78 Å². The Morgan fingerprint density at radius 1 is 1.39 bits per heavy atom. The molecule has 2 aromatic heterocycles. The molecule has 8 heteroatoms. The topological polar surface area (TPSA) is 89.1 Å². The molecular formula is C20H21F2N5O. The maximum atomic E-state index is 14.2. The lowest BCUT2D eigenvalue weighted by Crippen LogP contribution is -2.14. The highest BCUT2D eigenvalue weighted by Crippen LogP contribution is 2.27. The molecule has 2 heterocycles. The van der Waals surface area contributed by atoms with Gasteiger partial charge < -0.3 is 15.3 Å². The summed E-state index contributed by atoms with van der Waals surface area (Å²) in [6.07, 6.45) is 3.64. The van der Waals surface area contributed by atoms with Crippen LogP contribution in [0.25, 0.3) is 10.9 Å². The van der Waals surface area contributed by atoms with Crippen molar-refractivity contribution in [3.8, 4) is 0 Å². The van der Waals surface area contributed by atoms with Crippen LogP contribution in [0.5, 0.6) is 0 Å². The number of nitrogens with zero attached hydrogens (tertiary/aromatic N) is 3. The maximum absolute atomic E-state index is 14.2. The van der Waals surface area contributed by atoms with Crippen molar-refractivity contribution in [1.29, 1.82) is 0 Å². The summed E-state index contributed by atoms with van der Waals surface area (Å²) in [5.74, 6) is -0.441. The number of imidazole rings is 1. The molecule has 0 saturated carbocycles. The van der Waals surface area contributed by atoms with Crippen LogP contribution in [0.4, 0.5) is 20.4 Å². The van der Waals surface area contributed by atoms with Gasteiger partial charge in [-0.3, -0.25) is 4.79 Å². The molecular weight excluding hydrogens is 364 g/mol. The summed E-state index contributed by atoms with van der Waals surface area (Å²) in [6, 6.07) is 3.82. The van der Waals surface area contributed by atoms with Crippen molar-refractivity contribution >= 4 is 28.8 Å². The fraction of sp³-hybridized carbons (Fsp3) is 0.250. The molecule has 0 fully saturated rings. The molecule has 0 aliphatic heterocycles. The molecule has 0 atom stereocenters. The summed E-state index contributed by atoms with van der Waals surface area (Å²) in [7, 11) is 0. The first-order chi connectivity index (χ1) is 13.3. The van der Waals surface area contributed by atoms with Gasteiger partial charge in [-0.25, -0.2) is 18.8 Å². The standard InChI is InChI=1S/C20H21F2N5O/c1-4-7-24-20-19(23)27(15(25-20)8-11(2)3)10-12-9-16(28)26-18-13(12)5-6-14(21)17(18)22/h4-7,9,11H,1,8,10,23H2,2-3H3,(H,26,28). The second-order valence-electron chi connectivity index (χ2n) is 6.88. The van der Waals surface area contributed by atoms with E-state index in [1.54, 1.807) is 4.57 Å². The van der Waals surface area contributed by atoms with Crippen molar-refractivity contribution in [2.75, 3.05) is 5.73 Å². The van der Waals surface area contributed by atoms with Gasteiger partial charge in [0, 0.05) is 24.1 Å². The Morgan fingerprint density at radius 2 is 2.14 bits per heavy atom. The van der Waals surface area contributed by atoms with Gasteiger partial charge in [0.15, 0.2) is 23.3 Å². The molecule has 0 bridgehead atoms. The number of nitrogens with one attached hydrogen (secondary N) is 1. The van der Waals surface area contributed by atoms with Crippen molar-refractivity contribution in [3.05, 3.63) is 64.2 Å². The largest absolute Gasteiger partial charge is 0.382 e. The number of fused-ring (bicyclic) bond motifs is 1. The number of nitrogens with two attached hydrogens (primary N) is 1. The molecule has 0 radical (unpaired) electrons. The number of allylic oxidation sites excluding steroid dienone is 1. The van der Waals surface area contributed by atoms with E-state index in [0.717, 1.165) is 6.07 Å². The monoisotopic (exact) mass is 385 g/mol. The number of nitrogen functional groups attached to an aromatic ring is 1. The average molecular weight is 385 g/mol. The van der Waals surface area contributed by atoms with Crippen LogP contribution in [0, 0.1) is 17.6 Å². The SMILES string of the molecule is C=CC=Nc1nc(CC(C)C)n(Cc2cc(=O)[nH]c3c(F)c(F)ccc23)c1N. The predicted molar refractivity (Wildman–Crippen MR) is 107 cm³/mol. The quantitative estimate of drug-likeness (QED) is 0.634. The third-order valence-corrected chi connectivity index (χ3v) is 4.28. The van der Waals surface area contributed by atoms with Crippen molar-refractivity contribution in [2.24, 2.45) is 10.9 Å².